The molecule has 4 aliphatic rings. The molecule has 0 saturated carbocycles. The molecule has 0 N–H and O–H groups in total. The summed E-state index contributed by atoms with van der Waals surface area (Å²) >= 11 is 0. The van der Waals surface area contributed by atoms with E-state index in [9.17, 15) is 19.2 Å². The molecule has 0 aromatic heterocycles. The molecule has 0 unspecified atom stereocenters. The lowest BCUT2D eigenvalue weighted by Gasteiger charge is -2.36. The molecule has 0 aromatic rings. The molecule has 0 amide bonds. The van der Waals surface area contributed by atoms with Gasteiger partial charge in [-0.05, 0) is 48.7 Å². The number of piperidine rings is 2. The number of carbonyl (C=O) groups excluding carboxylic acids is 4. The summed E-state index contributed by atoms with van der Waals surface area (Å²) in [6, 6.07) is 0.243. The van der Waals surface area contributed by atoms with Crippen LogP contribution < -0.4 is 0 Å². The Morgan fingerprint density at radius 3 is 1.41 bits per heavy atom. The third-order valence-electron chi connectivity index (χ3n) is 8.70. The van der Waals surface area contributed by atoms with Crippen molar-refractivity contribution in [1.29, 1.82) is 0 Å². The number of hydrogen-bond acceptors (Lipinski definition) is 10. The van der Waals surface area contributed by atoms with Gasteiger partial charge < -0.3 is 18.9 Å². The Balaban J connectivity index is 1.27. The monoisotopic (exact) mass is 572 g/mol. The van der Waals surface area contributed by atoms with Crippen LogP contribution in [0.4, 0.5) is 0 Å². The number of ether oxygens (including phenoxy) is 4. The normalized spacial score (nSPS) is 33.0. The van der Waals surface area contributed by atoms with Crippen LogP contribution in [0.15, 0.2) is 34.9 Å². The molecular weight excluding hydrogens is 528 g/mol. The standard InChI is InChI=1S/C31H44N2O8/c1-17(2)8-28(34)40-26-13-20-11-22(15-24(26)32(20)6)38-30(36)10-19(5)31(37)39-23-12-21-14-27(25(16-23)33(21)7)41-29(35)9-18(3)4/h8-10,20-27H,11-16H2,1-7H3/b19-10+/t20-,21-,22-,23-,24+,25+,26-,27-/m1/s1. The van der Waals surface area contributed by atoms with E-state index in [-0.39, 0.29) is 66.1 Å². The quantitative estimate of drug-likeness (QED) is 0.244. The first-order valence-corrected chi connectivity index (χ1v) is 14.6. The molecule has 10 nitrogen and oxygen atoms in total. The van der Waals surface area contributed by atoms with Crippen molar-refractivity contribution >= 4 is 23.9 Å². The predicted molar refractivity (Wildman–Crippen MR) is 151 cm³/mol. The molecule has 4 bridgehead atoms. The SMILES string of the molecule is CC(C)=CC(=O)O[C@@H]1C[C@H]2C[C@@H](OC(=O)/C=C(\C)C(=O)O[C@@H]3C[C@@H]4C[C@@H](OC(=O)C=C(C)C)[C@H](C3)N4C)C[C@@H]1N2C. The molecular formula is C31H44N2O8. The fourth-order valence-electron chi connectivity index (χ4n) is 6.71. The zero-order valence-electron chi connectivity index (χ0n) is 25.3. The van der Waals surface area contributed by atoms with E-state index in [4.69, 9.17) is 18.9 Å². The number of fused-ring (bicyclic) bond motifs is 4. The van der Waals surface area contributed by atoms with Gasteiger partial charge in [-0.3, -0.25) is 9.80 Å². The highest BCUT2D eigenvalue weighted by Gasteiger charge is 2.49. The summed E-state index contributed by atoms with van der Waals surface area (Å²) < 4.78 is 22.9. The summed E-state index contributed by atoms with van der Waals surface area (Å²) in [6.45, 7) is 8.94. The summed E-state index contributed by atoms with van der Waals surface area (Å²) in [5, 5.41) is 0. The predicted octanol–water partition coefficient (Wildman–Crippen LogP) is 3.25. The Kier molecular flexibility index (Phi) is 9.74. The number of nitrogens with zero attached hydrogens (tertiary/aromatic N) is 2. The first-order valence-electron chi connectivity index (χ1n) is 14.6. The highest BCUT2D eigenvalue weighted by Crippen LogP contribution is 2.39. The van der Waals surface area contributed by atoms with E-state index in [1.165, 1.54) is 18.2 Å². The Morgan fingerprint density at radius 1 is 0.561 bits per heavy atom. The molecule has 0 aliphatic carbocycles. The van der Waals surface area contributed by atoms with Crippen molar-refractivity contribution in [2.75, 3.05) is 14.1 Å². The number of rotatable bonds is 8. The third-order valence-corrected chi connectivity index (χ3v) is 8.70. The third kappa shape index (κ3) is 7.65. The summed E-state index contributed by atoms with van der Waals surface area (Å²) in [5.41, 5.74) is 1.94. The van der Waals surface area contributed by atoms with Gasteiger partial charge in [0.25, 0.3) is 0 Å². The van der Waals surface area contributed by atoms with Crippen LogP contribution in [0, 0.1) is 0 Å². The molecule has 4 fully saturated rings. The lowest BCUT2D eigenvalue weighted by Crippen LogP contribution is -2.46. The smallest absolute Gasteiger partial charge is 0.334 e. The second-order valence-electron chi connectivity index (χ2n) is 12.5. The zero-order valence-corrected chi connectivity index (χ0v) is 25.3. The fourth-order valence-corrected chi connectivity index (χ4v) is 6.71. The summed E-state index contributed by atoms with van der Waals surface area (Å²) in [4.78, 5) is 54.3. The van der Waals surface area contributed by atoms with E-state index in [1.54, 1.807) is 6.92 Å². The van der Waals surface area contributed by atoms with Crippen molar-refractivity contribution in [3.05, 3.63) is 34.9 Å². The van der Waals surface area contributed by atoms with Crippen LogP contribution in [0.25, 0.3) is 0 Å². The number of hydrogen-bond donors (Lipinski definition) is 0. The van der Waals surface area contributed by atoms with E-state index in [2.05, 4.69) is 9.80 Å². The molecule has 8 atom stereocenters. The van der Waals surface area contributed by atoms with Gasteiger partial charge in [0.05, 0.1) is 12.1 Å². The van der Waals surface area contributed by atoms with Crippen LogP contribution >= 0.6 is 0 Å². The van der Waals surface area contributed by atoms with Crippen molar-refractivity contribution in [3.8, 4) is 0 Å². The van der Waals surface area contributed by atoms with Gasteiger partial charge in [0.1, 0.15) is 24.4 Å². The van der Waals surface area contributed by atoms with Gasteiger partial charge in [-0.1, -0.05) is 11.1 Å². The van der Waals surface area contributed by atoms with Crippen molar-refractivity contribution in [3.63, 3.8) is 0 Å². The minimum atomic E-state index is -0.582. The van der Waals surface area contributed by atoms with Crippen LogP contribution in [-0.2, 0) is 38.1 Å². The Morgan fingerprint density at radius 2 is 0.976 bits per heavy atom. The largest absolute Gasteiger partial charge is 0.459 e. The van der Waals surface area contributed by atoms with Gasteiger partial charge in [-0.15, -0.1) is 0 Å². The molecule has 0 aromatic carbocycles. The van der Waals surface area contributed by atoms with Gasteiger partial charge >= 0.3 is 23.9 Å². The maximum absolute atomic E-state index is 12.8. The van der Waals surface area contributed by atoms with Gasteiger partial charge in [0, 0.05) is 74.4 Å². The first kappa shape index (κ1) is 31.0. The average molecular weight is 573 g/mol. The van der Waals surface area contributed by atoms with Crippen molar-refractivity contribution in [1.82, 2.24) is 9.80 Å². The van der Waals surface area contributed by atoms with E-state index in [0.717, 1.165) is 11.1 Å². The number of allylic oxidation sites excluding steroid dienone is 2. The topological polar surface area (TPSA) is 112 Å². The number of likely N-dealkylation sites (N-methyl/N-ethyl adjacent to an activating group) is 2. The maximum Gasteiger partial charge on any atom is 0.334 e. The molecule has 0 radical (unpaired) electrons. The lowest BCUT2D eigenvalue weighted by molar-refractivity contribution is -0.152. The number of carbonyl (C=O) groups is 4. The molecule has 4 heterocycles. The van der Waals surface area contributed by atoms with E-state index in [0.29, 0.717) is 38.5 Å². The van der Waals surface area contributed by atoms with Crippen LogP contribution in [0.3, 0.4) is 0 Å². The zero-order chi connectivity index (χ0) is 30.0. The molecule has 4 saturated heterocycles. The minimum absolute atomic E-state index is 0.0268. The Labute approximate surface area is 242 Å². The van der Waals surface area contributed by atoms with Crippen LogP contribution in [0.1, 0.15) is 73.1 Å². The molecule has 4 rings (SSSR count). The second-order valence-corrected chi connectivity index (χ2v) is 12.5. The maximum atomic E-state index is 12.8. The Hall–Kier alpha value is -2.98. The minimum Gasteiger partial charge on any atom is -0.459 e. The fraction of sp³-hybridized carbons (Fsp3) is 0.677. The van der Waals surface area contributed by atoms with Crippen LogP contribution in [-0.4, -0.2) is 96.4 Å². The average Bonchev–Trinajstić information content (AvgIpc) is 3.12. The van der Waals surface area contributed by atoms with Crippen LogP contribution in [0.5, 0.6) is 0 Å². The number of esters is 4. The van der Waals surface area contributed by atoms with E-state index in [1.807, 2.05) is 41.8 Å². The lowest BCUT2D eigenvalue weighted by atomic mass is 10.00. The summed E-state index contributed by atoms with van der Waals surface area (Å²) in [6.07, 6.45) is 6.84. The van der Waals surface area contributed by atoms with Gasteiger partial charge in [-0.2, -0.15) is 0 Å². The first-order chi connectivity index (χ1) is 19.3. The van der Waals surface area contributed by atoms with Crippen LogP contribution in [0.2, 0.25) is 0 Å². The summed E-state index contributed by atoms with van der Waals surface area (Å²) in [5.74, 6) is -1.83. The molecule has 10 heteroatoms. The van der Waals surface area contributed by atoms with Crippen molar-refractivity contribution in [2.45, 2.75) is 122 Å². The highest BCUT2D eigenvalue weighted by atomic mass is 16.6. The molecule has 226 valence electrons. The van der Waals surface area contributed by atoms with Gasteiger partial charge in [0.2, 0.25) is 0 Å². The Bertz CT molecular complexity index is 1130. The van der Waals surface area contributed by atoms with Crippen molar-refractivity contribution in [2.24, 2.45) is 0 Å². The van der Waals surface area contributed by atoms with Crippen molar-refractivity contribution < 1.29 is 38.1 Å². The van der Waals surface area contributed by atoms with Gasteiger partial charge in [-0.25, -0.2) is 19.2 Å². The van der Waals surface area contributed by atoms with Gasteiger partial charge in [0.15, 0.2) is 0 Å². The van der Waals surface area contributed by atoms with E-state index >= 15 is 0 Å². The van der Waals surface area contributed by atoms with E-state index < -0.39 is 11.9 Å². The highest BCUT2D eigenvalue weighted by molar-refractivity contribution is 5.96. The molecule has 0 spiro atoms. The molecule has 4 aliphatic heterocycles. The second kappa shape index (κ2) is 12.9. The molecule has 41 heavy (non-hydrogen) atoms. The summed E-state index contributed by atoms with van der Waals surface area (Å²) in [7, 11) is 4.01.